The second-order valence-corrected chi connectivity index (χ2v) is 5.42. The Morgan fingerprint density at radius 3 is 2.96 bits per heavy atom. The molecule has 1 unspecified atom stereocenters. The number of hydrogen-bond donors (Lipinski definition) is 2. The van der Waals surface area contributed by atoms with Crippen molar-refractivity contribution in [1.29, 1.82) is 0 Å². The van der Waals surface area contributed by atoms with Crippen LogP contribution in [0.15, 0.2) is 59.5 Å². The predicted octanol–water partition coefficient (Wildman–Crippen LogP) is 2.62. The van der Waals surface area contributed by atoms with Gasteiger partial charge in [0.2, 0.25) is 6.79 Å². The highest BCUT2D eigenvalue weighted by molar-refractivity contribution is 5.89. The third-order valence-electron chi connectivity index (χ3n) is 3.80. The average Bonchev–Trinajstić information content (AvgIpc) is 3.37. The van der Waals surface area contributed by atoms with Crippen molar-refractivity contribution in [3.63, 3.8) is 0 Å². The van der Waals surface area contributed by atoms with E-state index in [2.05, 4.69) is 15.7 Å². The van der Waals surface area contributed by atoms with Crippen LogP contribution in [-0.2, 0) is 0 Å². The largest absolute Gasteiger partial charge is 0.467 e. The highest BCUT2D eigenvalue weighted by Gasteiger charge is 2.18. The first kappa shape index (κ1) is 15.1. The Labute approximate surface area is 143 Å². The smallest absolute Gasteiger partial charge is 0.319 e. The highest BCUT2D eigenvalue weighted by atomic mass is 16.7. The van der Waals surface area contributed by atoms with Crippen molar-refractivity contribution in [2.45, 2.75) is 6.04 Å². The zero-order chi connectivity index (χ0) is 17.1. The fourth-order valence-electron chi connectivity index (χ4n) is 2.61. The number of nitrogens with zero attached hydrogens (tertiary/aromatic N) is 2. The van der Waals surface area contributed by atoms with Crippen LogP contribution in [0, 0.1) is 0 Å². The lowest BCUT2D eigenvalue weighted by Gasteiger charge is -2.16. The summed E-state index contributed by atoms with van der Waals surface area (Å²) in [6.45, 7) is 0.519. The summed E-state index contributed by atoms with van der Waals surface area (Å²) in [5.74, 6) is 2.00. The van der Waals surface area contributed by atoms with Crippen LogP contribution in [0.3, 0.4) is 0 Å². The number of anilines is 1. The molecule has 1 atom stereocenters. The summed E-state index contributed by atoms with van der Waals surface area (Å²) in [6, 6.07) is 10.2. The van der Waals surface area contributed by atoms with Crippen LogP contribution in [0.25, 0.3) is 0 Å². The Kier molecular flexibility index (Phi) is 3.99. The van der Waals surface area contributed by atoms with Crippen LogP contribution >= 0.6 is 0 Å². The molecule has 0 fully saturated rings. The summed E-state index contributed by atoms with van der Waals surface area (Å²) in [4.78, 5) is 12.2. The fourth-order valence-corrected chi connectivity index (χ4v) is 2.61. The number of carbonyl (C=O) groups excluding carboxylic acids is 1. The number of amides is 2. The normalized spacial score (nSPS) is 13.4. The van der Waals surface area contributed by atoms with E-state index in [4.69, 9.17) is 13.9 Å². The summed E-state index contributed by atoms with van der Waals surface area (Å²) < 4.78 is 17.7. The Morgan fingerprint density at radius 2 is 2.16 bits per heavy atom. The van der Waals surface area contributed by atoms with Crippen LogP contribution < -0.4 is 20.1 Å². The molecule has 2 aromatic heterocycles. The van der Waals surface area contributed by atoms with Gasteiger partial charge in [0.05, 0.1) is 6.26 Å². The van der Waals surface area contributed by atoms with E-state index in [1.165, 1.54) is 0 Å². The molecule has 1 aliphatic heterocycles. The van der Waals surface area contributed by atoms with Gasteiger partial charge < -0.3 is 24.5 Å². The monoisotopic (exact) mass is 340 g/mol. The van der Waals surface area contributed by atoms with Crippen LogP contribution in [0.4, 0.5) is 10.5 Å². The minimum Gasteiger partial charge on any atom is -0.467 e. The lowest BCUT2D eigenvalue weighted by molar-refractivity contribution is 0.174. The fraction of sp³-hybridized carbons (Fsp3) is 0.176. The van der Waals surface area contributed by atoms with Crippen LogP contribution in [-0.4, -0.2) is 29.1 Å². The molecule has 0 spiro atoms. The van der Waals surface area contributed by atoms with Crippen molar-refractivity contribution in [2.75, 3.05) is 18.7 Å². The summed E-state index contributed by atoms with van der Waals surface area (Å²) in [7, 11) is 0. The molecule has 0 bridgehead atoms. The van der Waals surface area contributed by atoms with Gasteiger partial charge in [-0.3, -0.25) is 4.68 Å². The van der Waals surface area contributed by atoms with Gasteiger partial charge >= 0.3 is 6.03 Å². The van der Waals surface area contributed by atoms with Crippen molar-refractivity contribution < 1.29 is 18.7 Å². The summed E-state index contributed by atoms with van der Waals surface area (Å²) in [6.07, 6.45) is 5.10. The SMILES string of the molecule is O=C(NCC(c1ccco1)n1cccn1)Nc1ccc2c(c1)OCO2. The van der Waals surface area contributed by atoms with Gasteiger partial charge in [-0.15, -0.1) is 0 Å². The quantitative estimate of drug-likeness (QED) is 0.745. The Hall–Kier alpha value is -3.42. The third kappa shape index (κ3) is 3.27. The molecule has 8 heteroatoms. The maximum Gasteiger partial charge on any atom is 0.319 e. The zero-order valence-corrected chi connectivity index (χ0v) is 13.2. The van der Waals surface area contributed by atoms with Crippen molar-refractivity contribution in [3.8, 4) is 11.5 Å². The number of nitrogens with one attached hydrogen (secondary N) is 2. The number of carbonyl (C=O) groups is 1. The van der Waals surface area contributed by atoms with Crippen molar-refractivity contribution >= 4 is 11.7 Å². The molecule has 0 saturated heterocycles. The molecule has 0 saturated carbocycles. The first-order valence-electron chi connectivity index (χ1n) is 7.76. The van der Waals surface area contributed by atoms with Crippen LogP contribution in [0.2, 0.25) is 0 Å². The van der Waals surface area contributed by atoms with E-state index in [9.17, 15) is 4.79 Å². The summed E-state index contributed by atoms with van der Waals surface area (Å²) in [5, 5.41) is 9.83. The van der Waals surface area contributed by atoms with Crippen LogP contribution in [0.1, 0.15) is 11.8 Å². The predicted molar refractivity (Wildman–Crippen MR) is 88.7 cm³/mol. The Bertz CT molecular complexity index is 811. The number of urea groups is 1. The van der Waals surface area contributed by atoms with Crippen LogP contribution in [0.5, 0.6) is 11.5 Å². The lowest BCUT2D eigenvalue weighted by atomic mass is 10.2. The van der Waals surface area contributed by atoms with Gasteiger partial charge in [0, 0.05) is 30.7 Å². The minimum absolute atomic E-state index is 0.194. The van der Waals surface area contributed by atoms with Crippen molar-refractivity contribution in [1.82, 2.24) is 15.1 Å². The van der Waals surface area contributed by atoms with Gasteiger partial charge in [-0.05, 0) is 30.3 Å². The number of ether oxygens (including phenoxy) is 2. The topological polar surface area (TPSA) is 90.6 Å². The molecule has 25 heavy (non-hydrogen) atoms. The number of rotatable bonds is 5. The van der Waals surface area contributed by atoms with Gasteiger partial charge in [0.1, 0.15) is 11.8 Å². The van der Waals surface area contributed by atoms with Gasteiger partial charge in [0.25, 0.3) is 0 Å². The maximum atomic E-state index is 12.2. The van der Waals surface area contributed by atoms with E-state index < -0.39 is 0 Å². The molecule has 1 aromatic carbocycles. The number of benzene rings is 1. The molecule has 8 nitrogen and oxygen atoms in total. The second-order valence-electron chi connectivity index (χ2n) is 5.42. The first-order chi connectivity index (χ1) is 12.3. The molecular formula is C17H16N4O4. The number of hydrogen-bond acceptors (Lipinski definition) is 5. The molecule has 1 aliphatic rings. The lowest BCUT2D eigenvalue weighted by Crippen LogP contribution is -2.34. The Morgan fingerprint density at radius 1 is 1.24 bits per heavy atom. The average molecular weight is 340 g/mol. The molecule has 0 radical (unpaired) electrons. The van der Waals surface area contributed by atoms with Gasteiger partial charge in [-0.25, -0.2) is 4.79 Å². The summed E-state index contributed by atoms with van der Waals surface area (Å²) in [5.41, 5.74) is 0.621. The molecule has 2 N–H and O–H groups in total. The van der Waals surface area contributed by atoms with Gasteiger partial charge in [0.15, 0.2) is 11.5 Å². The number of aromatic nitrogens is 2. The van der Waals surface area contributed by atoms with Gasteiger partial charge in [-0.1, -0.05) is 0 Å². The molecule has 3 heterocycles. The van der Waals surface area contributed by atoms with E-state index >= 15 is 0 Å². The van der Waals surface area contributed by atoms with E-state index in [1.54, 1.807) is 41.4 Å². The van der Waals surface area contributed by atoms with E-state index in [0.29, 0.717) is 29.5 Å². The molecule has 3 aromatic rings. The summed E-state index contributed by atoms with van der Waals surface area (Å²) >= 11 is 0. The van der Waals surface area contributed by atoms with E-state index in [1.807, 2.05) is 18.3 Å². The molecule has 4 rings (SSSR count). The maximum absolute atomic E-state index is 12.2. The van der Waals surface area contributed by atoms with Crippen molar-refractivity contribution in [3.05, 3.63) is 60.8 Å². The molecule has 0 aliphatic carbocycles. The standard InChI is InChI=1S/C17H16N4O4/c22-17(20-12-4-5-15-16(9-12)25-11-24-15)18-10-13(14-3-1-8-23-14)21-7-2-6-19-21/h1-9,13H,10-11H2,(H2,18,20,22). The molecular weight excluding hydrogens is 324 g/mol. The third-order valence-corrected chi connectivity index (χ3v) is 3.80. The second kappa shape index (κ2) is 6.60. The number of furan rings is 1. The van der Waals surface area contributed by atoms with Crippen molar-refractivity contribution in [2.24, 2.45) is 0 Å². The van der Waals surface area contributed by atoms with E-state index in [0.717, 1.165) is 0 Å². The zero-order valence-electron chi connectivity index (χ0n) is 13.2. The minimum atomic E-state index is -0.331. The molecule has 128 valence electrons. The Balaban J connectivity index is 1.40. The number of fused-ring (bicyclic) bond motifs is 1. The van der Waals surface area contributed by atoms with Gasteiger partial charge in [-0.2, -0.15) is 5.10 Å². The highest BCUT2D eigenvalue weighted by Crippen LogP contribution is 2.34. The first-order valence-corrected chi connectivity index (χ1v) is 7.76. The molecule has 2 amide bonds. The van der Waals surface area contributed by atoms with E-state index in [-0.39, 0.29) is 18.9 Å².